The molecular formula is C22H21NO4S. The Kier molecular flexibility index (Phi) is 3.98. The van der Waals surface area contributed by atoms with Gasteiger partial charge in [-0.1, -0.05) is 36.8 Å². The fourth-order valence-electron chi connectivity index (χ4n) is 4.00. The van der Waals surface area contributed by atoms with Gasteiger partial charge in [0.05, 0.1) is 10.6 Å². The minimum absolute atomic E-state index is 0.229. The molecule has 1 aliphatic carbocycles. The van der Waals surface area contributed by atoms with E-state index in [1.54, 1.807) is 30.3 Å². The van der Waals surface area contributed by atoms with E-state index in [1.807, 2.05) is 30.3 Å². The van der Waals surface area contributed by atoms with Gasteiger partial charge in [0.15, 0.2) is 11.5 Å². The van der Waals surface area contributed by atoms with Crippen molar-refractivity contribution in [2.75, 3.05) is 4.72 Å². The van der Waals surface area contributed by atoms with Gasteiger partial charge in [-0.3, -0.25) is 4.72 Å². The zero-order chi connectivity index (χ0) is 19.2. The fourth-order valence-corrected chi connectivity index (χ4v) is 5.08. The Morgan fingerprint density at radius 3 is 2.36 bits per heavy atom. The van der Waals surface area contributed by atoms with Crippen molar-refractivity contribution < 1.29 is 17.9 Å². The summed E-state index contributed by atoms with van der Waals surface area (Å²) in [6.45, 7) is 0. The lowest BCUT2D eigenvalue weighted by molar-refractivity contribution is -0.105. The summed E-state index contributed by atoms with van der Waals surface area (Å²) in [6.07, 6.45) is 5.08. The minimum Gasteiger partial charge on any atom is -0.448 e. The molecule has 0 atom stereocenters. The van der Waals surface area contributed by atoms with E-state index >= 15 is 0 Å². The number of sulfonamides is 1. The summed E-state index contributed by atoms with van der Waals surface area (Å²) >= 11 is 0. The predicted octanol–water partition coefficient (Wildman–Crippen LogP) is 5.07. The van der Waals surface area contributed by atoms with Crippen LogP contribution in [0.4, 0.5) is 5.69 Å². The number of hydrogen-bond donors (Lipinski definition) is 1. The first-order chi connectivity index (χ1) is 13.5. The standard InChI is InChI=1S/C22H21NO4S/c24-28(25,19-10-8-16-6-2-3-7-17(16)14-19)23-18-9-11-20-21(15-18)27-22(26-20)12-4-1-5-13-22/h2-3,6-11,14-15,23H,1,4-5,12-13H2. The quantitative estimate of drug-likeness (QED) is 0.672. The second-order valence-corrected chi connectivity index (χ2v) is 9.13. The molecule has 1 heterocycles. The van der Waals surface area contributed by atoms with Crippen LogP contribution in [0, 0.1) is 0 Å². The summed E-state index contributed by atoms with van der Waals surface area (Å²) in [5, 5.41) is 1.89. The molecule has 0 unspecified atom stereocenters. The van der Waals surface area contributed by atoms with E-state index in [-0.39, 0.29) is 4.90 Å². The normalized spacial score (nSPS) is 17.7. The first kappa shape index (κ1) is 17.4. The van der Waals surface area contributed by atoms with Crippen molar-refractivity contribution >= 4 is 26.5 Å². The zero-order valence-electron chi connectivity index (χ0n) is 15.4. The average Bonchev–Trinajstić information content (AvgIpc) is 3.04. The molecule has 6 heteroatoms. The fraction of sp³-hybridized carbons (Fsp3) is 0.273. The Balaban J connectivity index is 1.41. The summed E-state index contributed by atoms with van der Waals surface area (Å²) < 4.78 is 40.5. The topological polar surface area (TPSA) is 64.6 Å². The third kappa shape index (κ3) is 3.07. The molecule has 3 aromatic rings. The van der Waals surface area contributed by atoms with E-state index in [2.05, 4.69) is 4.72 Å². The Morgan fingerprint density at radius 1 is 0.786 bits per heavy atom. The maximum Gasteiger partial charge on any atom is 0.261 e. The van der Waals surface area contributed by atoms with Crippen molar-refractivity contribution in [3.8, 4) is 11.5 Å². The molecule has 28 heavy (non-hydrogen) atoms. The highest BCUT2D eigenvalue weighted by Crippen LogP contribution is 2.46. The van der Waals surface area contributed by atoms with Gasteiger partial charge in [-0.2, -0.15) is 0 Å². The SMILES string of the molecule is O=S(=O)(Nc1ccc2c(c1)OC1(CCCCC1)O2)c1ccc2ccccc2c1. The predicted molar refractivity (Wildman–Crippen MR) is 108 cm³/mol. The molecule has 0 aromatic heterocycles. The highest BCUT2D eigenvalue weighted by molar-refractivity contribution is 7.92. The van der Waals surface area contributed by atoms with Gasteiger partial charge in [-0.15, -0.1) is 0 Å². The lowest BCUT2D eigenvalue weighted by atomic mass is 9.94. The Morgan fingerprint density at radius 2 is 1.54 bits per heavy atom. The third-order valence-corrected chi connectivity index (χ3v) is 6.81. The highest BCUT2D eigenvalue weighted by atomic mass is 32.2. The Hall–Kier alpha value is -2.73. The van der Waals surface area contributed by atoms with Gasteiger partial charge in [-0.05, 0) is 47.9 Å². The number of hydrogen-bond acceptors (Lipinski definition) is 4. The Bertz CT molecular complexity index is 1150. The van der Waals surface area contributed by atoms with Crippen LogP contribution in [0.5, 0.6) is 11.5 Å². The van der Waals surface area contributed by atoms with Crippen molar-refractivity contribution in [1.29, 1.82) is 0 Å². The largest absolute Gasteiger partial charge is 0.448 e. The Labute approximate surface area is 164 Å². The summed E-state index contributed by atoms with van der Waals surface area (Å²) in [4.78, 5) is 0.229. The van der Waals surface area contributed by atoms with Crippen LogP contribution in [0.2, 0.25) is 0 Å². The molecule has 5 rings (SSSR count). The summed E-state index contributed by atoms with van der Waals surface area (Å²) in [7, 11) is -3.70. The van der Waals surface area contributed by atoms with Gasteiger partial charge >= 0.3 is 0 Å². The highest BCUT2D eigenvalue weighted by Gasteiger charge is 2.42. The van der Waals surface area contributed by atoms with Crippen LogP contribution in [0.25, 0.3) is 10.8 Å². The minimum atomic E-state index is -3.70. The average molecular weight is 395 g/mol. The van der Waals surface area contributed by atoms with Crippen LogP contribution >= 0.6 is 0 Å². The zero-order valence-corrected chi connectivity index (χ0v) is 16.2. The number of fused-ring (bicyclic) bond motifs is 2. The summed E-state index contributed by atoms with van der Waals surface area (Å²) in [5.41, 5.74) is 0.461. The first-order valence-electron chi connectivity index (χ1n) is 9.57. The van der Waals surface area contributed by atoms with E-state index in [0.29, 0.717) is 17.2 Å². The van der Waals surface area contributed by atoms with Gasteiger partial charge in [0.2, 0.25) is 0 Å². The van der Waals surface area contributed by atoms with Gasteiger partial charge in [0.1, 0.15) is 0 Å². The van der Waals surface area contributed by atoms with E-state index in [4.69, 9.17) is 9.47 Å². The van der Waals surface area contributed by atoms with Gasteiger partial charge in [-0.25, -0.2) is 8.42 Å². The monoisotopic (exact) mass is 395 g/mol. The van der Waals surface area contributed by atoms with E-state index in [1.165, 1.54) is 6.42 Å². The number of benzene rings is 3. The lowest BCUT2D eigenvalue weighted by Gasteiger charge is -2.31. The molecule has 1 N–H and O–H groups in total. The van der Waals surface area contributed by atoms with Gasteiger partial charge < -0.3 is 9.47 Å². The molecule has 5 nitrogen and oxygen atoms in total. The van der Waals surface area contributed by atoms with Crippen LogP contribution in [0.15, 0.2) is 65.6 Å². The molecule has 1 aliphatic heterocycles. The molecular weight excluding hydrogens is 374 g/mol. The van der Waals surface area contributed by atoms with Crippen LogP contribution < -0.4 is 14.2 Å². The van der Waals surface area contributed by atoms with Crippen LogP contribution in [-0.2, 0) is 10.0 Å². The van der Waals surface area contributed by atoms with E-state index < -0.39 is 15.8 Å². The number of rotatable bonds is 3. The number of nitrogens with one attached hydrogen (secondary N) is 1. The van der Waals surface area contributed by atoms with E-state index in [9.17, 15) is 8.42 Å². The van der Waals surface area contributed by atoms with Crippen molar-refractivity contribution in [1.82, 2.24) is 0 Å². The second-order valence-electron chi connectivity index (χ2n) is 7.45. The smallest absolute Gasteiger partial charge is 0.261 e. The van der Waals surface area contributed by atoms with Crippen molar-refractivity contribution in [3.05, 3.63) is 60.7 Å². The molecule has 1 spiro atoms. The molecule has 1 saturated carbocycles. The van der Waals surface area contributed by atoms with Crippen molar-refractivity contribution in [3.63, 3.8) is 0 Å². The summed E-state index contributed by atoms with van der Waals surface area (Å²) in [6, 6.07) is 18.0. The molecule has 3 aromatic carbocycles. The molecule has 144 valence electrons. The molecule has 0 amide bonds. The maximum atomic E-state index is 12.9. The third-order valence-electron chi connectivity index (χ3n) is 5.43. The number of ether oxygens (including phenoxy) is 2. The van der Waals surface area contributed by atoms with Gasteiger partial charge in [0, 0.05) is 18.9 Å². The van der Waals surface area contributed by atoms with Crippen LogP contribution in [-0.4, -0.2) is 14.2 Å². The van der Waals surface area contributed by atoms with Crippen molar-refractivity contribution in [2.24, 2.45) is 0 Å². The summed E-state index contributed by atoms with van der Waals surface area (Å²) in [5.74, 6) is 0.701. The maximum absolute atomic E-state index is 12.9. The lowest BCUT2D eigenvalue weighted by Crippen LogP contribution is -2.40. The van der Waals surface area contributed by atoms with Gasteiger partial charge in [0.25, 0.3) is 15.8 Å². The second kappa shape index (κ2) is 6.41. The molecule has 0 radical (unpaired) electrons. The van der Waals surface area contributed by atoms with E-state index in [0.717, 1.165) is 36.5 Å². The number of anilines is 1. The van der Waals surface area contributed by atoms with Crippen LogP contribution in [0.1, 0.15) is 32.1 Å². The van der Waals surface area contributed by atoms with Crippen LogP contribution in [0.3, 0.4) is 0 Å². The molecule has 0 bridgehead atoms. The molecule has 0 saturated heterocycles. The molecule has 2 aliphatic rings. The first-order valence-corrected chi connectivity index (χ1v) is 11.1. The van der Waals surface area contributed by atoms with Crippen molar-refractivity contribution in [2.45, 2.75) is 42.8 Å². The molecule has 1 fully saturated rings.